The molecule has 0 aliphatic heterocycles. The van der Waals surface area contributed by atoms with E-state index in [0.717, 1.165) is 31.6 Å². The van der Waals surface area contributed by atoms with Crippen molar-refractivity contribution in [3.8, 4) is 11.8 Å². The number of thiazole rings is 2. The van der Waals surface area contributed by atoms with Gasteiger partial charge in [-0.25, -0.2) is 0 Å². The second kappa shape index (κ2) is 10.9. The third-order valence-electron chi connectivity index (χ3n) is 4.91. The van der Waals surface area contributed by atoms with Crippen LogP contribution in [0.1, 0.15) is 30.0 Å². The zero-order valence-electron chi connectivity index (χ0n) is 18.4. The molecule has 0 saturated heterocycles. The smallest absolute Gasteiger partial charge is 0.270 e. The Morgan fingerprint density at radius 1 is 1.30 bits per heavy atom. The van der Waals surface area contributed by atoms with Gasteiger partial charge >= 0.3 is 0 Å². The van der Waals surface area contributed by atoms with Gasteiger partial charge in [0.2, 0.25) is 0 Å². The zero-order valence-corrected chi connectivity index (χ0v) is 22.4. The monoisotopic (exact) mass is 529 g/mol. The number of aryl methyl sites for hydroxylation is 1. The van der Waals surface area contributed by atoms with Gasteiger partial charge in [-0.05, 0) is 56.0 Å². The maximum Gasteiger partial charge on any atom is 0.270 e. The first-order chi connectivity index (χ1) is 16.0. The average Bonchev–Trinajstić information content (AvgIpc) is 3.52. The number of rotatable bonds is 6. The Morgan fingerprint density at radius 2 is 2.15 bits per heavy atom. The standard InChI is InChI=1S/C25H22ClN2OS4/c1-4-6-21(32-20-8-7-19(26)13-17(20)3)24-25(29)28(5-2)23(33-24)14-22-27(10-12-31-22)15-18-9-11-30-16-18/h7-14,16H,5,15H2,1-3H3/q+1/b24-21+. The van der Waals surface area contributed by atoms with E-state index in [1.54, 1.807) is 29.6 Å². The zero-order chi connectivity index (χ0) is 23.4. The van der Waals surface area contributed by atoms with Gasteiger partial charge in [0.25, 0.3) is 10.6 Å². The van der Waals surface area contributed by atoms with E-state index in [1.165, 1.54) is 28.7 Å². The van der Waals surface area contributed by atoms with Crippen molar-refractivity contribution in [2.75, 3.05) is 0 Å². The van der Waals surface area contributed by atoms with Crippen LogP contribution in [0.3, 0.4) is 0 Å². The van der Waals surface area contributed by atoms with Crippen LogP contribution in [0.4, 0.5) is 0 Å². The van der Waals surface area contributed by atoms with Crippen molar-refractivity contribution < 1.29 is 4.57 Å². The second-order valence-corrected chi connectivity index (χ2v) is 11.4. The average molecular weight is 530 g/mol. The van der Waals surface area contributed by atoms with Crippen molar-refractivity contribution in [1.29, 1.82) is 0 Å². The summed E-state index contributed by atoms with van der Waals surface area (Å²) in [7, 11) is 0. The molecule has 0 amide bonds. The van der Waals surface area contributed by atoms with Gasteiger partial charge in [-0.1, -0.05) is 40.6 Å². The van der Waals surface area contributed by atoms with Crippen LogP contribution in [-0.4, -0.2) is 4.57 Å². The van der Waals surface area contributed by atoms with E-state index < -0.39 is 0 Å². The normalized spacial score (nSPS) is 12.5. The second-order valence-electron chi connectivity index (χ2n) is 7.18. The van der Waals surface area contributed by atoms with Crippen LogP contribution in [0.25, 0.3) is 11.0 Å². The Kier molecular flexibility index (Phi) is 7.94. The number of nitrogens with zero attached hydrogens (tertiary/aromatic N) is 2. The minimum absolute atomic E-state index is 0.00607. The highest BCUT2D eigenvalue weighted by Gasteiger charge is 2.14. The largest absolute Gasteiger partial charge is 0.299 e. The van der Waals surface area contributed by atoms with Crippen LogP contribution < -0.4 is 19.3 Å². The maximum absolute atomic E-state index is 13.4. The lowest BCUT2D eigenvalue weighted by molar-refractivity contribution is -0.685. The molecule has 3 aromatic heterocycles. The minimum atomic E-state index is 0.00607. The highest BCUT2D eigenvalue weighted by Crippen LogP contribution is 2.30. The molecule has 0 fully saturated rings. The summed E-state index contributed by atoms with van der Waals surface area (Å²) in [5.41, 5.74) is 2.35. The van der Waals surface area contributed by atoms with E-state index in [4.69, 9.17) is 11.6 Å². The molecule has 0 N–H and O–H groups in total. The van der Waals surface area contributed by atoms with Crippen LogP contribution in [-0.2, 0) is 13.1 Å². The van der Waals surface area contributed by atoms with Gasteiger partial charge < -0.3 is 0 Å². The number of halogens is 1. The molecule has 3 heterocycles. The van der Waals surface area contributed by atoms with Crippen LogP contribution >= 0.6 is 57.4 Å². The Labute approximate surface area is 214 Å². The molecule has 0 bridgehead atoms. The number of hydrogen-bond donors (Lipinski definition) is 0. The van der Waals surface area contributed by atoms with E-state index >= 15 is 0 Å². The molecular formula is C25H22ClN2OS4+. The summed E-state index contributed by atoms with van der Waals surface area (Å²) < 4.78 is 5.67. The lowest BCUT2D eigenvalue weighted by Gasteiger charge is -2.04. The molecule has 0 radical (unpaired) electrons. The first kappa shape index (κ1) is 24.1. The quantitative estimate of drug-likeness (QED) is 0.197. The van der Waals surface area contributed by atoms with Crippen LogP contribution in [0.5, 0.6) is 0 Å². The molecule has 0 spiro atoms. The molecule has 0 atom stereocenters. The molecule has 0 aliphatic rings. The van der Waals surface area contributed by atoms with Crippen molar-refractivity contribution in [3.05, 3.63) is 87.3 Å². The van der Waals surface area contributed by atoms with Crippen molar-refractivity contribution in [2.45, 2.75) is 38.8 Å². The van der Waals surface area contributed by atoms with Gasteiger partial charge in [0, 0.05) is 27.4 Å². The lowest BCUT2D eigenvalue weighted by Crippen LogP contribution is -2.35. The fourth-order valence-electron chi connectivity index (χ4n) is 3.30. The number of hydrogen-bond acceptors (Lipinski definition) is 5. The molecule has 0 saturated carbocycles. The predicted octanol–water partition coefficient (Wildman–Crippen LogP) is 5.10. The summed E-state index contributed by atoms with van der Waals surface area (Å²) in [6.45, 7) is 7.25. The maximum atomic E-state index is 13.4. The van der Waals surface area contributed by atoms with Gasteiger partial charge in [-0.2, -0.15) is 15.9 Å². The lowest BCUT2D eigenvalue weighted by atomic mass is 10.2. The molecule has 0 unspecified atom stereocenters. The topological polar surface area (TPSA) is 25.9 Å². The fraction of sp³-hybridized carbons (Fsp3) is 0.200. The van der Waals surface area contributed by atoms with Crippen molar-refractivity contribution in [2.24, 2.45) is 0 Å². The van der Waals surface area contributed by atoms with Crippen molar-refractivity contribution >= 4 is 68.4 Å². The molecular weight excluding hydrogens is 508 g/mol. The molecule has 1 aromatic carbocycles. The first-order valence-corrected chi connectivity index (χ1v) is 14.1. The van der Waals surface area contributed by atoms with Crippen LogP contribution in [0, 0.1) is 18.8 Å². The Balaban J connectivity index is 1.84. The van der Waals surface area contributed by atoms with Crippen LogP contribution in [0.2, 0.25) is 5.02 Å². The van der Waals surface area contributed by atoms with Gasteiger partial charge in [-0.3, -0.25) is 9.36 Å². The minimum Gasteiger partial charge on any atom is -0.299 e. The van der Waals surface area contributed by atoms with Crippen molar-refractivity contribution in [1.82, 2.24) is 4.57 Å². The molecule has 3 nitrogen and oxygen atoms in total. The molecule has 8 heteroatoms. The molecule has 4 rings (SSSR count). The van der Waals surface area contributed by atoms with Gasteiger partial charge in [0.1, 0.15) is 9.20 Å². The summed E-state index contributed by atoms with van der Waals surface area (Å²) in [4.78, 5) is 15.2. The fourth-order valence-corrected chi connectivity index (χ4v) is 7.25. The number of thioether (sulfide) groups is 1. The summed E-state index contributed by atoms with van der Waals surface area (Å²) in [6, 6.07) is 7.93. The van der Waals surface area contributed by atoms with E-state index in [2.05, 4.69) is 50.9 Å². The number of benzene rings is 1. The molecule has 33 heavy (non-hydrogen) atoms. The summed E-state index contributed by atoms with van der Waals surface area (Å²) >= 11 is 12.5. The predicted molar refractivity (Wildman–Crippen MR) is 144 cm³/mol. The Bertz CT molecular complexity index is 1510. The van der Waals surface area contributed by atoms with Gasteiger partial charge in [0.15, 0.2) is 12.7 Å². The van der Waals surface area contributed by atoms with E-state index in [0.29, 0.717) is 16.1 Å². The number of thiophene rings is 1. The third-order valence-corrected chi connectivity index (χ3v) is 9.18. The Morgan fingerprint density at radius 3 is 2.85 bits per heavy atom. The van der Waals surface area contributed by atoms with E-state index in [-0.39, 0.29) is 5.56 Å². The number of aromatic nitrogens is 2. The third kappa shape index (κ3) is 5.53. The SMILES string of the molecule is CC#C/C(Sc1ccc(Cl)cc1C)=c1\s/c(=C\c2scc[n+]2Cc2ccsc2)n(CC)c1=O. The summed E-state index contributed by atoms with van der Waals surface area (Å²) in [5.74, 6) is 6.16. The Hall–Kier alpha value is -2.08. The van der Waals surface area contributed by atoms with Crippen LogP contribution in [0.15, 0.2) is 56.3 Å². The van der Waals surface area contributed by atoms with Gasteiger partial charge in [0.05, 0.1) is 16.4 Å². The molecule has 0 aliphatic carbocycles. The van der Waals surface area contributed by atoms with Gasteiger partial charge in [-0.15, -0.1) is 17.3 Å². The molecule has 168 valence electrons. The highest BCUT2D eigenvalue weighted by atomic mass is 35.5. The summed E-state index contributed by atoms with van der Waals surface area (Å²) in [5, 5.41) is 8.16. The van der Waals surface area contributed by atoms with E-state index in [9.17, 15) is 4.79 Å². The van der Waals surface area contributed by atoms with Crippen molar-refractivity contribution in [3.63, 3.8) is 0 Å². The van der Waals surface area contributed by atoms with E-state index in [1.807, 2.05) is 36.6 Å². The highest BCUT2D eigenvalue weighted by molar-refractivity contribution is 8.08. The first-order valence-electron chi connectivity index (χ1n) is 10.3. The summed E-state index contributed by atoms with van der Waals surface area (Å²) in [6.07, 6.45) is 4.21. The molecule has 4 aromatic rings.